The number of hydrogen-bond donors (Lipinski definition) is 2. The van der Waals surface area contributed by atoms with Gasteiger partial charge in [-0.25, -0.2) is 0 Å². The van der Waals surface area contributed by atoms with E-state index in [1.807, 2.05) is 20.8 Å². The van der Waals surface area contributed by atoms with Crippen molar-refractivity contribution < 1.29 is 9.53 Å². The molecule has 1 aromatic carbocycles. The van der Waals surface area contributed by atoms with Crippen LogP contribution < -0.4 is 11.1 Å². The Morgan fingerprint density at radius 1 is 1.24 bits per heavy atom. The molecule has 3 unspecified atom stereocenters. The summed E-state index contributed by atoms with van der Waals surface area (Å²) in [5, 5.41) is 3.23. The van der Waals surface area contributed by atoms with Crippen molar-refractivity contribution in [2.75, 3.05) is 19.7 Å². The minimum absolute atomic E-state index is 0. The molecular weight excluding hydrogens is 409 g/mol. The largest absolute Gasteiger partial charge is 0.378 e. The molecule has 0 aromatic heterocycles. The summed E-state index contributed by atoms with van der Waals surface area (Å²) in [5.74, 6) is -0.0157. The van der Waals surface area contributed by atoms with Crippen molar-refractivity contribution in [3.05, 3.63) is 35.9 Å². The normalized spacial score (nSPS) is 27.7. The highest BCUT2D eigenvalue weighted by atomic mass is 35.5. The number of ether oxygens (including phenoxy) is 1. The van der Waals surface area contributed by atoms with E-state index in [4.69, 9.17) is 10.5 Å². The number of nitrogens with zero attached hydrogens (tertiary/aromatic N) is 1. The third-order valence-corrected chi connectivity index (χ3v) is 6.93. The molecule has 1 aliphatic heterocycles. The fourth-order valence-electron chi connectivity index (χ4n) is 4.51. The Hall–Kier alpha value is -0.850. The summed E-state index contributed by atoms with van der Waals surface area (Å²) in [6.45, 7) is 11.0. The van der Waals surface area contributed by atoms with Gasteiger partial charge in [0.05, 0.1) is 6.10 Å². The SMILES string of the molecule is CCOC1CC(N)(C(=O)NC2CCN(C(C)c3ccccc3)CC2)C1(C)C.Cl.Cl. The van der Waals surface area contributed by atoms with Gasteiger partial charge in [0.1, 0.15) is 5.54 Å². The lowest BCUT2D eigenvalue weighted by Crippen LogP contribution is -2.76. The maximum atomic E-state index is 12.9. The lowest BCUT2D eigenvalue weighted by molar-refractivity contribution is -0.171. The second kappa shape index (κ2) is 10.5. The second-order valence-corrected chi connectivity index (χ2v) is 8.71. The molecule has 29 heavy (non-hydrogen) atoms. The summed E-state index contributed by atoms with van der Waals surface area (Å²) >= 11 is 0. The highest BCUT2D eigenvalue weighted by molar-refractivity contribution is 5.89. The summed E-state index contributed by atoms with van der Waals surface area (Å²) in [6, 6.07) is 11.2. The highest BCUT2D eigenvalue weighted by Crippen LogP contribution is 2.50. The van der Waals surface area contributed by atoms with E-state index in [1.54, 1.807) is 0 Å². The van der Waals surface area contributed by atoms with Crippen LogP contribution in [0.15, 0.2) is 30.3 Å². The van der Waals surface area contributed by atoms with E-state index in [9.17, 15) is 4.79 Å². The fourth-order valence-corrected chi connectivity index (χ4v) is 4.51. The molecule has 2 aliphatic rings. The van der Waals surface area contributed by atoms with Gasteiger partial charge < -0.3 is 15.8 Å². The van der Waals surface area contributed by atoms with Crippen LogP contribution in [0.3, 0.4) is 0 Å². The first kappa shape index (κ1) is 26.2. The molecule has 1 aliphatic carbocycles. The molecule has 166 valence electrons. The number of nitrogens with one attached hydrogen (secondary N) is 1. The Morgan fingerprint density at radius 3 is 2.34 bits per heavy atom. The molecule has 5 nitrogen and oxygen atoms in total. The van der Waals surface area contributed by atoms with Crippen LogP contribution in [0, 0.1) is 5.41 Å². The summed E-state index contributed by atoms with van der Waals surface area (Å²) in [4.78, 5) is 15.4. The van der Waals surface area contributed by atoms with Gasteiger partial charge in [0.25, 0.3) is 0 Å². The molecule has 3 rings (SSSR count). The van der Waals surface area contributed by atoms with Gasteiger partial charge in [0, 0.05) is 43.6 Å². The Balaban J connectivity index is 0.00000210. The van der Waals surface area contributed by atoms with Crippen molar-refractivity contribution in [1.82, 2.24) is 10.2 Å². The van der Waals surface area contributed by atoms with E-state index < -0.39 is 5.54 Å². The molecule has 1 aromatic rings. The molecule has 7 heteroatoms. The monoisotopic (exact) mass is 445 g/mol. The molecule has 2 fully saturated rings. The van der Waals surface area contributed by atoms with E-state index in [0.29, 0.717) is 19.1 Å². The van der Waals surface area contributed by atoms with Gasteiger partial charge in [0.15, 0.2) is 0 Å². The summed E-state index contributed by atoms with van der Waals surface area (Å²) in [5.41, 5.74) is 6.69. The molecule has 0 radical (unpaired) electrons. The number of carbonyl (C=O) groups is 1. The van der Waals surface area contributed by atoms with Crippen LogP contribution in [0.4, 0.5) is 0 Å². The molecule has 1 saturated heterocycles. The number of piperidine rings is 1. The van der Waals surface area contributed by atoms with Crippen molar-refractivity contribution >= 4 is 30.7 Å². The van der Waals surface area contributed by atoms with Gasteiger partial charge in [-0.2, -0.15) is 0 Å². The molecule has 0 spiro atoms. The Kier molecular flexibility index (Phi) is 9.44. The van der Waals surface area contributed by atoms with Crippen molar-refractivity contribution in [1.29, 1.82) is 0 Å². The number of likely N-dealkylation sites (tertiary alicyclic amines) is 1. The zero-order chi connectivity index (χ0) is 19.7. The van der Waals surface area contributed by atoms with Crippen LogP contribution in [0.1, 0.15) is 58.6 Å². The maximum absolute atomic E-state index is 12.9. The number of halogens is 2. The van der Waals surface area contributed by atoms with Crippen LogP contribution in [0.5, 0.6) is 0 Å². The Bertz CT molecular complexity index is 651. The second-order valence-electron chi connectivity index (χ2n) is 8.71. The highest BCUT2D eigenvalue weighted by Gasteiger charge is 2.63. The van der Waals surface area contributed by atoms with Crippen molar-refractivity contribution in [3.63, 3.8) is 0 Å². The predicted octanol–water partition coefficient (Wildman–Crippen LogP) is 3.70. The van der Waals surface area contributed by atoms with Crippen LogP contribution in [-0.4, -0.2) is 48.2 Å². The smallest absolute Gasteiger partial charge is 0.241 e. The fraction of sp³-hybridized carbons (Fsp3) is 0.682. The number of hydrogen-bond acceptors (Lipinski definition) is 4. The quantitative estimate of drug-likeness (QED) is 0.699. The van der Waals surface area contributed by atoms with Gasteiger partial charge in [-0.05, 0) is 32.3 Å². The van der Waals surface area contributed by atoms with Crippen LogP contribution >= 0.6 is 24.8 Å². The summed E-state index contributed by atoms with van der Waals surface area (Å²) in [6.07, 6.45) is 2.60. The average molecular weight is 446 g/mol. The summed E-state index contributed by atoms with van der Waals surface area (Å²) in [7, 11) is 0. The van der Waals surface area contributed by atoms with Crippen molar-refractivity contribution in [2.45, 2.75) is 70.7 Å². The number of nitrogens with two attached hydrogens (primary N) is 1. The maximum Gasteiger partial charge on any atom is 0.241 e. The van der Waals surface area contributed by atoms with Gasteiger partial charge in [-0.15, -0.1) is 24.8 Å². The van der Waals surface area contributed by atoms with Crippen LogP contribution in [0.2, 0.25) is 0 Å². The average Bonchev–Trinajstić information content (AvgIpc) is 2.68. The van der Waals surface area contributed by atoms with Gasteiger partial charge in [-0.3, -0.25) is 9.69 Å². The number of amides is 1. The van der Waals surface area contributed by atoms with E-state index in [0.717, 1.165) is 25.9 Å². The van der Waals surface area contributed by atoms with Crippen LogP contribution in [0.25, 0.3) is 0 Å². The molecule has 3 N–H and O–H groups in total. The molecular formula is C22H37Cl2N3O2. The number of benzene rings is 1. The summed E-state index contributed by atoms with van der Waals surface area (Å²) < 4.78 is 5.74. The topological polar surface area (TPSA) is 67.6 Å². The van der Waals surface area contributed by atoms with E-state index in [1.165, 1.54) is 5.56 Å². The third kappa shape index (κ3) is 5.08. The van der Waals surface area contributed by atoms with E-state index in [2.05, 4.69) is 47.5 Å². The van der Waals surface area contributed by atoms with Gasteiger partial charge in [0.2, 0.25) is 5.91 Å². The molecule has 3 atom stereocenters. The van der Waals surface area contributed by atoms with Gasteiger partial charge in [-0.1, -0.05) is 44.2 Å². The third-order valence-electron chi connectivity index (χ3n) is 6.93. The van der Waals surface area contributed by atoms with Crippen molar-refractivity contribution in [2.24, 2.45) is 11.1 Å². The first-order valence-corrected chi connectivity index (χ1v) is 10.3. The molecule has 1 heterocycles. The molecule has 1 amide bonds. The van der Waals surface area contributed by atoms with Crippen LogP contribution in [-0.2, 0) is 9.53 Å². The zero-order valence-corrected chi connectivity index (χ0v) is 19.7. The Labute approximate surface area is 187 Å². The minimum atomic E-state index is -0.832. The van der Waals surface area contributed by atoms with E-state index >= 15 is 0 Å². The van der Waals surface area contributed by atoms with Gasteiger partial charge >= 0.3 is 0 Å². The Morgan fingerprint density at radius 2 is 1.83 bits per heavy atom. The molecule has 1 saturated carbocycles. The number of rotatable bonds is 6. The lowest BCUT2D eigenvalue weighted by atomic mass is 9.54. The number of carbonyl (C=O) groups excluding carboxylic acids is 1. The first-order chi connectivity index (χ1) is 12.8. The standard InChI is InChI=1S/C22H35N3O2.2ClH/c1-5-27-19-15-22(23,21(19,3)4)20(26)24-18-11-13-25(14-12-18)16(2)17-9-7-6-8-10-17;;/h6-10,16,18-19H,5,11-15,23H2,1-4H3,(H,24,26);2*1H. The minimum Gasteiger partial charge on any atom is -0.378 e. The van der Waals surface area contributed by atoms with E-state index in [-0.39, 0.29) is 48.3 Å². The lowest BCUT2D eigenvalue weighted by Gasteiger charge is -2.58. The zero-order valence-electron chi connectivity index (χ0n) is 18.0. The predicted molar refractivity (Wildman–Crippen MR) is 123 cm³/mol. The first-order valence-electron chi connectivity index (χ1n) is 10.3. The molecule has 0 bridgehead atoms. The van der Waals surface area contributed by atoms with Crippen molar-refractivity contribution in [3.8, 4) is 0 Å².